The fourth-order valence-corrected chi connectivity index (χ4v) is 1.70. The Bertz CT molecular complexity index is 603. The van der Waals surface area contributed by atoms with Gasteiger partial charge in [0.25, 0.3) is 0 Å². The molecule has 0 saturated heterocycles. The van der Waals surface area contributed by atoms with Crippen molar-refractivity contribution in [2.45, 2.75) is 13.0 Å². The average molecular weight is 256 g/mol. The first-order valence-electron chi connectivity index (χ1n) is 5.86. The fraction of sp³-hybridized carbons (Fsp3) is 0.133. The zero-order valence-electron chi connectivity index (χ0n) is 10.2. The van der Waals surface area contributed by atoms with Gasteiger partial charge in [0.05, 0.1) is 12.5 Å². The molecule has 2 aromatic rings. The Balaban J connectivity index is 1.98. The molecule has 3 nitrogen and oxygen atoms in total. The van der Waals surface area contributed by atoms with Gasteiger partial charge in [-0.1, -0.05) is 18.2 Å². The molecule has 0 aliphatic heterocycles. The van der Waals surface area contributed by atoms with Crippen molar-refractivity contribution in [3.63, 3.8) is 0 Å². The summed E-state index contributed by atoms with van der Waals surface area (Å²) in [5.41, 5.74) is 2.61. The largest absolute Gasteiger partial charge is 0.505 e. The van der Waals surface area contributed by atoms with Crippen LogP contribution in [0.15, 0.2) is 42.5 Å². The lowest BCUT2D eigenvalue weighted by Crippen LogP contribution is -1.99. The van der Waals surface area contributed by atoms with Crippen LogP contribution >= 0.6 is 0 Å². The van der Waals surface area contributed by atoms with E-state index in [9.17, 15) is 4.39 Å². The molecule has 0 unspecified atom stereocenters. The van der Waals surface area contributed by atoms with Crippen LogP contribution in [0.4, 0.5) is 10.1 Å². The van der Waals surface area contributed by atoms with Crippen LogP contribution in [0.3, 0.4) is 0 Å². The van der Waals surface area contributed by atoms with E-state index >= 15 is 0 Å². The molecule has 0 heterocycles. The molecule has 0 amide bonds. The van der Waals surface area contributed by atoms with Gasteiger partial charge >= 0.3 is 0 Å². The summed E-state index contributed by atoms with van der Waals surface area (Å²) < 4.78 is 13.1. The van der Waals surface area contributed by atoms with E-state index in [-0.39, 0.29) is 5.75 Å². The summed E-state index contributed by atoms with van der Waals surface area (Å²) in [7, 11) is 0. The Morgan fingerprint density at radius 3 is 2.42 bits per heavy atom. The number of nitrogens with zero attached hydrogens (tertiary/aromatic N) is 1. The molecule has 19 heavy (non-hydrogen) atoms. The molecule has 0 saturated carbocycles. The van der Waals surface area contributed by atoms with Crippen molar-refractivity contribution in [2.75, 3.05) is 5.32 Å². The Morgan fingerprint density at radius 2 is 1.79 bits per heavy atom. The van der Waals surface area contributed by atoms with E-state index in [0.29, 0.717) is 13.0 Å². The van der Waals surface area contributed by atoms with E-state index in [2.05, 4.69) is 11.4 Å². The Morgan fingerprint density at radius 1 is 1.11 bits per heavy atom. The summed E-state index contributed by atoms with van der Waals surface area (Å²) >= 11 is 0. The van der Waals surface area contributed by atoms with Crippen molar-refractivity contribution in [1.82, 2.24) is 0 Å². The summed E-state index contributed by atoms with van der Waals surface area (Å²) in [6.07, 6.45) is 0.392. The summed E-state index contributed by atoms with van der Waals surface area (Å²) in [5.74, 6) is -0.965. The molecule has 0 atom stereocenters. The maximum absolute atomic E-state index is 13.1. The SMILES string of the molecule is N#CCc1ccc(NCc2ccc(O)c(F)c2)cc1. The molecule has 2 rings (SSSR count). The number of nitrogens with one attached hydrogen (secondary N) is 1. The average Bonchev–Trinajstić information content (AvgIpc) is 2.42. The van der Waals surface area contributed by atoms with Gasteiger partial charge in [0.2, 0.25) is 0 Å². The molecule has 0 spiro atoms. The van der Waals surface area contributed by atoms with E-state index in [4.69, 9.17) is 10.4 Å². The fourth-order valence-electron chi connectivity index (χ4n) is 1.70. The van der Waals surface area contributed by atoms with Crippen LogP contribution in [-0.2, 0) is 13.0 Å². The summed E-state index contributed by atoms with van der Waals surface area (Å²) in [4.78, 5) is 0. The third-order valence-electron chi connectivity index (χ3n) is 2.75. The van der Waals surface area contributed by atoms with Crippen molar-refractivity contribution in [3.8, 4) is 11.8 Å². The summed E-state index contributed by atoms with van der Waals surface area (Å²) in [5, 5.41) is 20.8. The van der Waals surface area contributed by atoms with Gasteiger partial charge in [-0.25, -0.2) is 4.39 Å². The summed E-state index contributed by atoms with van der Waals surface area (Å²) in [6.45, 7) is 0.467. The number of hydrogen-bond acceptors (Lipinski definition) is 3. The zero-order valence-corrected chi connectivity index (χ0v) is 10.2. The predicted octanol–water partition coefficient (Wildman–Crippen LogP) is 3.21. The second-order valence-electron chi connectivity index (χ2n) is 4.17. The standard InChI is InChI=1S/C15H13FN2O/c16-14-9-12(3-6-15(14)19)10-18-13-4-1-11(2-5-13)7-8-17/h1-6,9,18-19H,7,10H2. The van der Waals surface area contributed by atoms with Gasteiger partial charge in [0.1, 0.15) is 0 Å². The first kappa shape index (κ1) is 12.9. The van der Waals surface area contributed by atoms with Gasteiger partial charge in [-0.15, -0.1) is 0 Å². The number of phenolic OH excluding ortho intramolecular Hbond substituents is 1. The first-order chi connectivity index (χ1) is 9.19. The topological polar surface area (TPSA) is 56.0 Å². The number of phenols is 1. The van der Waals surface area contributed by atoms with Crippen LogP contribution in [-0.4, -0.2) is 5.11 Å². The highest BCUT2D eigenvalue weighted by atomic mass is 19.1. The molecule has 2 aromatic carbocycles. The number of halogens is 1. The van der Waals surface area contributed by atoms with Gasteiger partial charge in [-0.3, -0.25) is 0 Å². The molecule has 96 valence electrons. The number of benzene rings is 2. The highest BCUT2D eigenvalue weighted by Crippen LogP contribution is 2.17. The molecule has 0 aliphatic rings. The van der Waals surface area contributed by atoms with E-state index in [1.807, 2.05) is 24.3 Å². The molecule has 2 N–H and O–H groups in total. The third kappa shape index (κ3) is 3.46. The van der Waals surface area contributed by atoms with Crippen molar-refractivity contribution in [3.05, 3.63) is 59.4 Å². The summed E-state index contributed by atoms with van der Waals surface area (Å²) in [6, 6.07) is 13.9. The second kappa shape index (κ2) is 5.87. The van der Waals surface area contributed by atoms with E-state index in [1.165, 1.54) is 12.1 Å². The minimum atomic E-state index is -0.622. The Hall–Kier alpha value is -2.54. The highest BCUT2D eigenvalue weighted by Gasteiger charge is 2.01. The number of aromatic hydroxyl groups is 1. The van der Waals surface area contributed by atoms with Crippen LogP contribution in [0.25, 0.3) is 0 Å². The Labute approximate surface area is 110 Å². The highest BCUT2D eigenvalue weighted by molar-refractivity contribution is 5.45. The molecule has 0 radical (unpaired) electrons. The molecule has 0 aromatic heterocycles. The van der Waals surface area contributed by atoms with Crippen molar-refractivity contribution in [1.29, 1.82) is 5.26 Å². The van der Waals surface area contributed by atoms with Gasteiger partial charge in [0, 0.05) is 12.2 Å². The zero-order chi connectivity index (χ0) is 13.7. The van der Waals surface area contributed by atoms with Gasteiger partial charge in [-0.05, 0) is 35.4 Å². The number of anilines is 1. The number of hydrogen-bond donors (Lipinski definition) is 2. The molecule has 0 fully saturated rings. The normalized spacial score (nSPS) is 9.89. The smallest absolute Gasteiger partial charge is 0.165 e. The van der Waals surface area contributed by atoms with Crippen LogP contribution in [0.2, 0.25) is 0 Å². The second-order valence-corrected chi connectivity index (χ2v) is 4.17. The monoisotopic (exact) mass is 256 g/mol. The van der Waals surface area contributed by atoms with Crippen LogP contribution < -0.4 is 5.32 Å². The van der Waals surface area contributed by atoms with E-state index in [1.54, 1.807) is 6.07 Å². The van der Waals surface area contributed by atoms with Crippen LogP contribution in [0.1, 0.15) is 11.1 Å². The van der Waals surface area contributed by atoms with Crippen molar-refractivity contribution < 1.29 is 9.50 Å². The van der Waals surface area contributed by atoms with E-state index < -0.39 is 5.82 Å². The minimum absolute atomic E-state index is 0.343. The lowest BCUT2D eigenvalue weighted by atomic mass is 10.1. The van der Waals surface area contributed by atoms with E-state index in [0.717, 1.165) is 16.8 Å². The lowest BCUT2D eigenvalue weighted by molar-refractivity contribution is 0.432. The van der Waals surface area contributed by atoms with Crippen molar-refractivity contribution >= 4 is 5.69 Å². The Kier molecular flexibility index (Phi) is 3.99. The molecule has 4 heteroatoms. The van der Waals surface area contributed by atoms with Gasteiger partial charge in [-0.2, -0.15) is 5.26 Å². The molecular formula is C15H13FN2O. The van der Waals surface area contributed by atoms with Gasteiger partial charge in [0.15, 0.2) is 11.6 Å². The molecular weight excluding hydrogens is 243 g/mol. The third-order valence-corrected chi connectivity index (χ3v) is 2.75. The minimum Gasteiger partial charge on any atom is -0.505 e. The lowest BCUT2D eigenvalue weighted by Gasteiger charge is -2.07. The van der Waals surface area contributed by atoms with Crippen molar-refractivity contribution in [2.24, 2.45) is 0 Å². The quantitative estimate of drug-likeness (QED) is 0.883. The van der Waals surface area contributed by atoms with Crippen LogP contribution in [0, 0.1) is 17.1 Å². The number of nitriles is 1. The van der Waals surface area contributed by atoms with Crippen LogP contribution in [0.5, 0.6) is 5.75 Å². The maximum atomic E-state index is 13.1. The maximum Gasteiger partial charge on any atom is 0.165 e. The van der Waals surface area contributed by atoms with Gasteiger partial charge < -0.3 is 10.4 Å². The first-order valence-corrected chi connectivity index (χ1v) is 5.86. The number of rotatable bonds is 4. The molecule has 0 bridgehead atoms. The predicted molar refractivity (Wildman–Crippen MR) is 71.2 cm³/mol. The molecule has 0 aliphatic carbocycles.